The molecule has 0 aliphatic heterocycles. The number of methoxy groups -OCH3 is 1. The lowest BCUT2D eigenvalue weighted by molar-refractivity contribution is 0.230. The van der Waals surface area contributed by atoms with E-state index in [0.29, 0.717) is 18.5 Å². The van der Waals surface area contributed by atoms with Gasteiger partial charge in [-0.1, -0.05) is 38.0 Å². The van der Waals surface area contributed by atoms with Gasteiger partial charge in [0.05, 0.1) is 25.6 Å². The van der Waals surface area contributed by atoms with E-state index in [-0.39, 0.29) is 0 Å². The Morgan fingerprint density at radius 1 is 1.04 bits per heavy atom. The lowest BCUT2D eigenvalue weighted by Crippen LogP contribution is -1.99. The van der Waals surface area contributed by atoms with Crippen molar-refractivity contribution in [3.8, 4) is 5.75 Å². The number of allylic oxidation sites excluding steroid dienone is 1. The highest BCUT2D eigenvalue weighted by atomic mass is 31.2. The van der Waals surface area contributed by atoms with Crippen LogP contribution in [0.4, 0.5) is 0 Å². The second kappa shape index (κ2) is 10.6. The Hall–Kier alpha value is -1.09. The molecule has 0 spiro atoms. The number of benzene rings is 1. The maximum atomic E-state index is 13.2. The second-order valence-electron chi connectivity index (χ2n) is 5.15. The van der Waals surface area contributed by atoms with Gasteiger partial charge in [0.2, 0.25) is 0 Å². The molecule has 5 heteroatoms. The van der Waals surface area contributed by atoms with Gasteiger partial charge in [-0.05, 0) is 44.4 Å². The van der Waals surface area contributed by atoms with Gasteiger partial charge in [-0.2, -0.15) is 0 Å². The molecule has 0 heterocycles. The maximum absolute atomic E-state index is 13.2. The quantitative estimate of drug-likeness (QED) is 0.372. The van der Waals surface area contributed by atoms with Crippen molar-refractivity contribution in [1.29, 1.82) is 0 Å². The van der Waals surface area contributed by atoms with Gasteiger partial charge in [-0.3, -0.25) is 4.57 Å². The van der Waals surface area contributed by atoms with Crippen molar-refractivity contribution in [2.24, 2.45) is 0 Å². The highest BCUT2D eigenvalue weighted by molar-refractivity contribution is 7.65. The SMILES string of the molecule is CCCCC/C=C(/c1ccc(OC)cc1)P(=O)(OCC)OCC. The van der Waals surface area contributed by atoms with Gasteiger partial charge in [0, 0.05) is 0 Å². The van der Waals surface area contributed by atoms with Crippen molar-refractivity contribution in [1.82, 2.24) is 0 Å². The van der Waals surface area contributed by atoms with E-state index < -0.39 is 7.60 Å². The third kappa shape index (κ3) is 6.14. The van der Waals surface area contributed by atoms with Crippen LogP contribution >= 0.6 is 7.60 Å². The minimum atomic E-state index is -3.30. The fourth-order valence-corrected chi connectivity index (χ4v) is 4.15. The van der Waals surface area contributed by atoms with Crippen LogP contribution in [0.3, 0.4) is 0 Å². The topological polar surface area (TPSA) is 44.8 Å². The van der Waals surface area contributed by atoms with E-state index in [1.54, 1.807) is 7.11 Å². The Kier molecular flexibility index (Phi) is 9.23. The summed E-state index contributed by atoms with van der Waals surface area (Å²) < 4.78 is 29.4. The lowest BCUT2D eigenvalue weighted by atomic mass is 10.1. The average Bonchev–Trinajstić information content (AvgIpc) is 2.55. The molecule has 0 bridgehead atoms. The standard InChI is InChI=1S/C18H29O4P/c1-5-8-9-10-11-18(23(19,21-6-2)22-7-3)16-12-14-17(20-4)15-13-16/h11-15H,5-10H2,1-4H3/b18-11-. The summed E-state index contributed by atoms with van der Waals surface area (Å²) in [5, 5.41) is 0.653. The number of unbranched alkanes of at least 4 members (excludes halogenated alkanes) is 3. The minimum absolute atomic E-state index is 0.347. The predicted octanol–water partition coefficient (Wildman–Crippen LogP) is 5.88. The molecule has 1 aromatic rings. The van der Waals surface area contributed by atoms with E-state index in [9.17, 15) is 4.57 Å². The second-order valence-corrected chi connectivity index (χ2v) is 7.14. The molecular formula is C18H29O4P. The van der Waals surface area contributed by atoms with E-state index in [1.165, 1.54) is 0 Å². The van der Waals surface area contributed by atoms with Crippen molar-refractivity contribution in [3.05, 3.63) is 35.9 Å². The molecule has 23 heavy (non-hydrogen) atoms. The fourth-order valence-electron chi connectivity index (χ4n) is 2.30. The van der Waals surface area contributed by atoms with Gasteiger partial charge in [0.25, 0.3) is 0 Å². The Morgan fingerprint density at radius 2 is 1.65 bits per heavy atom. The van der Waals surface area contributed by atoms with Crippen molar-refractivity contribution >= 4 is 12.9 Å². The molecular weight excluding hydrogens is 311 g/mol. The molecule has 0 radical (unpaired) electrons. The third-order valence-corrected chi connectivity index (χ3v) is 5.65. The minimum Gasteiger partial charge on any atom is -0.497 e. The van der Waals surface area contributed by atoms with Gasteiger partial charge >= 0.3 is 7.60 Å². The molecule has 0 aromatic heterocycles. The summed E-state index contributed by atoms with van der Waals surface area (Å²) in [4.78, 5) is 0. The lowest BCUT2D eigenvalue weighted by Gasteiger charge is -2.20. The largest absolute Gasteiger partial charge is 0.497 e. The molecule has 0 amide bonds. The molecule has 0 aliphatic rings. The van der Waals surface area contributed by atoms with Gasteiger partial charge in [0.1, 0.15) is 5.75 Å². The Balaban J connectivity index is 3.15. The Morgan fingerprint density at radius 3 is 2.13 bits per heavy atom. The van der Waals surface area contributed by atoms with Crippen LogP contribution in [0.1, 0.15) is 52.0 Å². The van der Waals surface area contributed by atoms with E-state index in [2.05, 4.69) is 6.92 Å². The monoisotopic (exact) mass is 340 g/mol. The van der Waals surface area contributed by atoms with Crippen LogP contribution in [-0.4, -0.2) is 20.3 Å². The summed E-state index contributed by atoms with van der Waals surface area (Å²) >= 11 is 0. The molecule has 0 saturated heterocycles. The van der Waals surface area contributed by atoms with Crippen LogP contribution in [0.15, 0.2) is 30.3 Å². The summed E-state index contributed by atoms with van der Waals surface area (Å²) in [5.41, 5.74) is 0.854. The van der Waals surface area contributed by atoms with E-state index in [1.807, 2.05) is 44.2 Å². The molecule has 0 aliphatic carbocycles. The molecule has 0 atom stereocenters. The van der Waals surface area contributed by atoms with Gasteiger partial charge in [-0.25, -0.2) is 0 Å². The van der Waals surface area contributed by atoms with Gasteiger partial charge in [-0.15, -0.1) is 0 Å². The zero-order valence-electron chi connectivity index (χ0n) is 14.7. The normalized spacial score (nSPS) is 12.4. The first-order valence-corrected chi connectivity index (χ1v) is 9.89. The number of ether oxygens (including phenoxy) is 1. The fraction of sp³-hybridized carbons (Fsp3) is 0.556. The number of hydrogen-bond acceptors (Lipinski definition) is 4. The van der Waals surface area contributed by atoms with Crippen LogP contribution in [0.25, 0.3) is 5.31 Å². The first-order chi connectivity index (χ1) is 11.1. The molecule has 1 aromatic carbocycles. The van der Waals surface area contributed by atoms with Gasteiger partial charge in [0.15, 0.2) is 0 Å². The van der Waals surface area contributed by atoms with Crippen LogP contribution < -0.4 is 4.74 Å². The van der Waals surface area contributed by atoms with Crippen molar-refractivity contribution < 1.29 is 18.3 Å². The highest BCUT2D eigenvalue weighted by Crippen LogP contribution is 2.60. The summed E-state index contributed by atoms with van der Waals surface area (Å²) in [6.45, 7) is 6.52. The highest BCUT2D eigenvalue weighted by Gasteiger charge is 2.30. The van der Waals surface area contributed by atoms with Crippen LogP contribution in [0, 0.1) is 0 Å². The summed E-state index contributed by atoms with van der Waals surface area (Å²) in [5.74, 6) is 0.765. The number of rotatable bonds is 11. The molecule has 0 N–H and O–H groups in total. The smallest absolute Gasteiger partial charge is 0.361 e. The van der Waals surface area contributed by atoms with E-state index >= 15 is 0 Å². The summed E-state index contributed by atoms with van der Waals surface area (Å²) in [6.07, 6.45) is 6.23. The summed E-state index contributed by atoms with van der Waals surface area (Å²) in [7, 11) is -1.68. The Bertz CT molecular complexity index is 512. The van der Waals surface area contributed by atoms with Crippen molar-refractivity contribution in [2.45, 2.75) is 46.5 Å². The first-order valence-electron chi connectivity index (χ1n) is 8.35. The molecule has 0 unspecified atom stereocenters. The molecule has 0 saturated carbocycles. The number of hydrogen-bond donors (Lipinski definition) is 0. The van der Waals surface area contributed by atoms with Crippen LogP contribution in [0.5, 0.6) is 5.75 Å². The maximum Gasteiger partial charge on any atom is 0.361 e. The van der Waals surface area contributed by atoms with Crippen molar-refractivity contribution in [2.75, 3.05) is 20.3 Å². The van der Waals surface area contributed by atoms with Gasteiger partial charge < -0.3 is 13.8 Å². The molecule has 130 valence electrons. The van der Waals surface area contributed by atoms with Crippen LogP contribution in [-0.2, 0) is 13.6 Å². The Labute approximate surface area is 140 Å². The molecule has 4 nitrogen and oxygen atoms in total. The first kappa shape index (κ1) is 20.0. The molecule has 1 rings (SSSR count). The average molecular weight is 340 g/mol. The zero-order valence-corrected chi connectivity index (χ0v) is 15.6. The predicted molar refractivity (Wildman–Crippen MR) is 96.0 cm³/mol. The van der Waals surface area contributed by atoms with E-state index in [0.717, 1.165) is 37.0 Å². The third-order valence-electron chi connectivity index (χ3n) is 3.42. The molecule has 0 fully saturated rings. The van der Waals surface area contributed by atoms with Crippen LogP contribution in [0.2, 0.25) is 0 Å². The van der Waals surface area contributed by atoms with E-state index in [4.69, 9.17) is 13.8 Å². The zero-order chi connectivity index (χ0) is 17.1. The summed E-state index contributed by atoms with van der Waals surface area (Å²) in [6, 6.07) is 7.51. The van der Waals surface area contributed by atoms with Crippen molar-refractivity contribution in [3.63, 3.8) is 0 Å².